The molecule has 1 aliphatic heterocycles. The topological polar surface area (TPSA) is 75.9 Å². The Kier molecular flexibility index (Phi) is 5.95. The Bertz CT molecular complexity index is 640. The van der Waals surface area contributed by atoms with Gasteiger partial charge in [0.15, 0.2) is 6.10 Å². The molecule has 0 radical (unpaired) electrons. The van der Waals surface area contributed by atoms with Crippen molar-refractivity contribution in [3.8, 4) is 5.75 Å². The van der Waals surface area contributed by atoms with Crippen LogP contribution in [0.3, 0.4) is 0 Å². The van der Waals surface area contributed by atoms with Crippen LogP contribution in [0.2, 0.25) is 0 Å². The number of nitrogens with two attached hydrogens (primary N) is 1. The molecule has 0 bridgehead atoms. The van der Waals surface area contributed by atoms with E-state index < -0.39 is 11.6 Å². The van der Waals surface area contributed by atoms with E-state index in [0.29, 0.717) is 26.2 Å². The predicted molar refractivity (Wildman–Crippen MR) is 97.8 cm³/mol. The number of para-hydroxylation sites is 1. The zero-order valence-electron chi connectivity index (χ0n) is 14.7. The number of ether oxygens (including phenoxy) is 1. The average molecular weight is 368 g/mol. The van der Waals surface area contributed by atoms with Crippen LogP contribution in [0.5, 0.6) is 5.75 Å². The smallest absolute Gasteiger partial charge is 0.263 e. The first kappa shape index (κ1) is 19.5. The standard InChI is InChI=1S/C18H25N3O3.ClH/c1-13-5-3-4-6-15(13)24-14(2)16(22)20-9-11-21(12-10-20)17(23)18(19)7-8-18;/h3-6,14H,7-12,19H2,1-2H3;1H. The lowest BCUT2D eigenvalue weighted by atomic mass is 10.2. The molecule has 0 spiro atoms. The fourth-order valence-electron chi connectivity index (χ4n) is 2.98. The van der Waals surface area contributed by atoms with E-state index in [1.165, 1.54) is 0 Å². The van der Waals surface area contributed by atoms with Gasteiger partial charge >= 0.3 is 0 Å². The predicted octanol–water partition coefficient (Wildman–Crippen LogP) is 1.35. The summed E-state index contributed by atoms with van der Waals surface area (Å²) in [6.45, 7) is 5.87. The first-order valence-electron chi connectivity index (χ1n) is 8.50. The molecule has 2 aliphatic rings. The number of carbonyl (C=O) groups is 2. The summed E-state index contributed by atoms with van der Waals surface area (Å²) in [5.41, 5.74) is 6.35. The van der Waals surface area contributed by atoms with Gasteiger partial charge in [0.2, 0.25) is 5.91 Å². The van der Waals surface area contributed by atoms with Crippen molar-refractivity contribution < 1.29 is 14.3 Å². The first-order valence-corrected chi connectivity index (χ1v) is 8.50. The minimum absolute atomic E-state index is 0. The maximum absolute atomic E-state index is 12.6. The number of amides is 2. The number of piperazine rings is 1. The second-order valence-corrected chi connectivity index (χ2v) is 6.80. The van der Waals surface area contributed by atoms with Gasteiger partial charge in [0.1, 0.15) is 5.75 Å². The number of hydrogen-bond acceptors (Lipinski definition) is 4. The monoisotopic (exact) mass is 367 g/mol. The van der Waals surface area contributed by atoms with Gasteiger partial charge in [0, 0.05) is 26.2 Å². The molecule has 25 heavy (non-hydrogen) atoms. The molecule has 1 aliphatic carbocycles. The van der Waals surface area contributed by atoms with Crippen LogP contribution in [0.4, 0.5) is 0 Å². The molecule has 2 N–H and O–H groups in total. The molecule has 2 fully saturated rings. The highest BCUT2D eigenvalue weighted by Crippen LogP contribution is 2.34. The fraction of sp³-hybridized carbons (Fsp3) is 0.556. The Morgan fingerprint density at radius 2 is 1.68 bits per heavy atom. The van der Waals surface area contributed by atoms with E-state index >= 15 is 0 Å². The minimum Gasteiger partial charge on any atom is -0.481 e. The second kappa shape index (κ2) is 7.62. The van der Waals surface area contributed by atoms with Gasteiger partial charge in [-0.15, -0.1) is 12.4 Å². The summed E-state index contributed by atoms with van der Waals surface area (Å²) >= 11 is 0. The zero-order chi connectivity index (χ0) is 17.3. The molecule has 3 rings (SSSR count). The van der Waals surface area contributed by atoms with Crippen LogP contribution in [0.15, 0.2) is 24.3 Å². The summed E-state index contributed by atoms with van der Waals surface area (Å²) in [6.07, 6.45) is 0.996. The lowest BCUT2D eigenvalue weighted by Crippen LogP contribution is -2.56. The summed E-state index contributed by atoms with van der Waals surface area (Å²) in [4.78, 5) is 28.4. The van der Waals surface area contributed by atoms with Crippen LogP contribution in [-0.4, -0.2) is 59.4 Å². The molecule has 1 heterocycles. The third-order valence-electron chi connectivity index (χ3n) is 4.84. The number of nitrogens with zero attached hydrogens (tertiary/aromatic N) is 2. The van der Waals surface area contributed by atoms with Crippen molar-refractivity contribution in [1.82, 2.24) is 9.80 Å². The Morgan fingerprint density at radius 3 is 2.24 bits per heavy atom. The normalized spacial score (nSPS) is 19.6. The molecular weight excluding hydrogens is 342 g/mol. The quantitative estimate of drug-likeness (QED) is 0.871. The molecule has 1 aromatic carbocycles. The Hall–Kier alpha value is -1.79. The van der Waals surface area contributed by atoms with Gasteiger partial charge < -0.3 is 20.3 Å². The summed E-state index contributed by atoms with van der Waals surface area (Å²) in [7, 11) is 0. The van der Waals surface area contributed by atoms with E-state index in [1.54, 1.807) is 16.7 Å². The van der Waals surface area contributed by atoms with E-state index in [2.05, 4.69) is 0 Å². The molecule has 138 valence electrons. The van der Waals surface area contributed by atoms with Crippen LogP contribution < -0.4 is 10.5 Å². The van der Waals surface area contributed by atoms with Crippen molar-refractivity contribution in [1.29, 1.82) is 0 Å². The lowest BCUT2D eigenvalue weighted by molar-refractivity contribution is -0.144. The third-order valence-corrected chi connectivity index (χ3v) is 4.84. The molecule has 1 saturated heterocycles. The first-order chi connectivity index (χ1) is 11.4. The highest BCUT2D eigenvalue weighted by Gasteiger charge is 2.48. The molecule has 2 amide bonds. The maximum atomic E-state index is 12.6. The van der Waals surface area contributed by atoms with Crippen molar-refractivity contribution in [2.45, 2.75) is 38.3 Å². The lowest BCUT2D eigenvalue weighted by Gasteiger charge is -2.37. The van der Waals surface area contributed by atoms with Gasteiger partial charge in [0.25, 0.3) is 5.91 Å². The molecular formula is C18H26ClN3O3. The highest BCUT2D eigenvalue weighted by molar-refractivity contribution is 5.89. The number of hydrogen-bond donors (Lipinski definition) is 1. The Balaban J connectivity index is 0.00000225. The molecule has 1 unspecified atom stereocenters. The minimum atomic E-state index is -0.632. The van der Waals surface area contributed by atoms with E-state index in [9.17, 15) is 9.59 Å². The maximum Gasteiger partial charge on any atom is 0.263 e. The molecule has 1 aromatic rings. The highest BCUT2D eigenvalue weighted by atomic mass is 35.5. The van der Waals surface area contributed by atoms with Crippen LogP contribution in [0.25, 0.3) is 0 Å². The van der Waals surface area contributed by atoms with Gasteiger partial charge in [-0.3, -0.25) is 9.59 Å². The second-order valence-electron chi connectivity index (χ2n) is 6.80. The van der Waals surface area contributed by atoms with Gasteiger partial charge in [-0.1, -0.05) is 18.2 Å². The van der Waals surface area contributed by atoms with E-state index in [-0.39, 0.29) is 24.2 Å². The SMILES string of the molecule is Cc1ccccc1OC(C)C(=O)N1CCN(C(=O)C2(N)CC2)CC1.Cl. The van der Waals surface area contributed by atoms with Gasteiger partial charge in [-0.05, 0) is 38.3 Å². The van der Waals surface area contributed by atoms with E-state index in [0.717, 1.165) is 24.2 Å². The molecule has 6 nitrogen and oxygen atoms in total. The summed E-state index contributed by atoms with van der Waals surface area (Å²) in [5, 5.41) is 0. The van der Waals surface area contributed by atoms with Crippen molar-refractivity contribution in [2.75, 3.05) is 26.2 Å². The molecule has 0 aromatic heterocycles. The molecule has 7 heteroatoms. The largest absolute Gasteiger partial charge is 0.481 e. The number of benzene rings is 1. The van der Waals surface area contributed by atoms with Gasteiger partial charge in [-0.25, -0.2) is 0 Å². The van der Waals surface area contributed by atoms with Crippen LogP contribution in [0.1, 0.15) is 25.3 Å². The Morgan fingerprint density at radius 1 is 1.12 bits per heavy atom. The van der Waals surface area contributed by atoms with E-state index in [1.807, 2.05) is 31.2 Å². The third kappa shape index (κ3) is 4.25. The number of carbonyl (C=O) groups excluding carboxylic acids is 2. The summed E-state index contributed by atoms with van der Waals surface area (Å²) in [6, 6.07) is 7.66. The van der Waals surface area contributed by atoms with Crippen molar-refractivity contribution >= 4 is 24.2 Å². The van der Waals surface area contributed by atoms with Crippen LogP contribution >= 0.6 is 12.4 Å². The average Bonchev–Trinajstić information content (AvgIpc) is 3.34. The van der Waals surface area contributed by atoms with Crippen molar-refractivity contribution in [3.63, 3.8) is 0 Å². The number of aryl methyl sites for hydroxylation is 1. The molecule has 1 atom stereocenters. The van der Waals surface area contributed by atoms with Crippen molar-refractivity contribution in [3.05, 3.63) is 29.8 Å². The molecule has 1 saturated carbocycles. The fourth-order valence-corrected chi connectivity index (χ4v) is 2.98. The summed E-state index contributed by atoms with van der Waals surface area (Å²) in [5.74, 6) is 0.712. The van der Waals surface area contributed by atoms with Gasteiger partial charge in [0.05, 0.1) is 5.54 Å². The van der Waals surface area contributed by atoms with Crippen LogP contribution in [0, 0.1) is 6.92 Å². The van der Waals surface area contributed by atoms with Crippen molar-refractivity contribution in [2.24, 2.45) is 5.73 Å². The van der Waals surface area contributed by atoms with E-state index in [4.69, 9.17) is 10.5 Å². The van der Waals surface area contributed by atoms with Gasteiger partial charge in [-0.2, -0.15) is 0 Å². The zero-order valence-corrected chi connectivity index (χ0v) is 15.6. The van der Waals surface area contributed by atoms with Crippen LogP contribution in [-0.2, 0) is 9.59 Å². The number of rotatable bonds is 4. The number of halogens is 1. The summed E-state index contributed by atoms with van der Waals surface area (Å²) < 4.78 is 5.81. The Labute approximate surface area is 154 Å².